The average Bonchev–Trinajstić information content (AvgIpc) is 3.17. The smallest absolute Gasteiger partial charge is 0.222 e. The molecular formula is C18H21BrN2O2. The van der Waals surface area contributed by atoms with Gasteiger partial charge in [0, 0.05) is 29.5 Å². The molecule has 3 rings (SSSR count). The first kappa shape index (κ1) is 16.3. The van der Waals surface area contributed by atoms with Crippen molar-refractivity contribution < 1.29 is 9.21 Å². The van der Waals surface area contributed by atoms with Crippen LogP contribution in [-0.2, 0) is 11.3 Å². The van der Waals surface area contributed by atoms with Gasteiger partial charge in [-0.05, 0) is 43.7 Å². The number of rotatable bonds is 7. The summed E-state index contributed by atoms with van der Waals surface area (Å²) in [5, 5.41) is 3.38. The standard InChI is InChI=1S/C18H21BrN2O2/c19-15-6-4-14(5-7-15)17-9-8-16(23-17)13-20-10-2-12-21-11-1-3-18(21)22/h4-9,20H,1-3,10-13H2. The SMILES string of the molecule is O=C1CCCN1CCCNCc1ccc(-c2ccc(Br)cc2)o1. The van der Waals surface area contributed by atoms with E-state index in [9.17, 15) is 4.79 Å². The Balaban J connectivity index is 1.41. The number of nitrogens with zero attached hydrogens (tertiary/aromatic N) is 1. The van der Waals surface area contributed by atoms with E-state index in [1.54, 1.807) is 0 Å². The Kier molecular flexibility index (Phi) is 5.51. The highest BCUT2D eigenvalue weighted by atomic mass is 79.9. The molecule has 5 heteroatoms. The number of halogens is 1. The lowest BCUT2D eigenvalue weighted by molar-refractivity contribution is -0.127. The highest BCUT2D eigenvalue weighted by Crippen LogP contribution is 2.23. The van der Waals surface area contributed by atoms with Crippen molar-refractivity contribution in [1.29, 1.82) is 0 Å². The van der Waals surface area contributed by atoms with Gasteiger partial charge >= 0.3 is 0 Å². The van der Waals surface area contributed by atoms with E-state index in [2.05, 4.69) is 21.2 Å². The second kappa shape index (κ2) is 7.79. The zero-order chi connectivity index (χ0) is 16.1. The highest BCUT2D eigenvalue weighted by molar-refractivity contribution is 9.10. The summed E-state index contributed by atoms with van der Waals surface area (Å²) >= 11 is 3.44. The molecule has 1 N–H and O–H groups in total. The fourth-order valence-electron chi connectivity index (χ4n) is 2.79. The summed E-state index contributed by atoms with van der Waals surface area (Å²) < 4.78 is 6.93. The van der Waals surface area contributed by atoms with E-state index in [0.717, 1.165) is 60.5 Å². The zero-order valence-corrected chi connectivity index (χ0v) is 14.6. The molecule has 1 amide bonds. The Bertz CT molecular complexity index is 651. The maximum absolute atomic E-state index is 11.5. The molecule has 0 aliphatic carbocycles. The Labute approximate surface area is 145 Å². The van der Waals surface area contributed by atoms with Crippen LogP contribution >= 0.6 is 15.9 Å². The number of amides is 1. The number of hydrogen-bond donors (Lipinski definition) is 1. The predicted octanol–water partition coefficient (Wildman–Crippen LogP) is 3.81. The summed E-state index contributed by atoms with van der Waals surface area (Å²) in [5.74, 6) is 2.12. The Morgan fingerprint density at radius 1 is 1.17 bits per heavy atom. The summed E-state index contributed by atoms with van der Waals surface area (Å²) in [6.45, 7) is 3.38. The minimum atomic E-state index is 0.301. The predicted molar refractivity (Wildman–Crippen MR) is 94.0 cm³/mol. The molecule has 0 unspecified atom stereocenters. The quantitative estimate of drug-likeness (QED) is 0.747. The summed E-state index contributed by atoms with van der Waals surface area (Å²) in [4.78, 5) is 13.5. The normalized spacial score (nSPS) is 14.7. The molecule has 4 nitrogen and oxygen atoms in total. The van der Waals surface area contributed by atoms with Crippen molar-refractivity contribution in [1.82, 2.24) is 10.2 Å². The van der Waals surface area contributed by atoms with Crippen LogP contribution in [0.25, 0.3) is 11.3 Å². The second-order valence-corrected chi connectivity index (χ2v) is 6.70. The summed E-state index contributed by atoms with van der Waals surface area (Å²) in [5.41, 5.74) is 1.08. The third kappa shape index (κ3) is 4.45. The number of likely N-dealkylation sites (tertiary alicyclic amines) is 1. The monoisotopic (exact) mass is 376 g/mol. The van der Waals surface area contributed by atoms with Crippen molar-refractivity contribution in [3.8, 4) is 11.3 Å². The van der Waals surface area contributed by atoms with E-state index >= 15 is 0 Å². The molecule has 2 heterocycles. The largest absolute Gasteiger partial charge is 0.460 e. The van der Waals surface area contributed by atoms with Crippen LogP contribution in [0.3, 0.4) is 0 Å². The van der Waals surface area contributed by atoms with Crippen LogP contribution in [-0.4, -0.2) is 30.4 Å². The van der Waals surface area contributed by atoms with Crippen LogP contribution in [0.15, 0.2) is 45.3 Å². The van der Waals surface area contributed by atoms with Gasteiger partial charge in [0.15, 0.2) is 0 Å². The minimum Gasteiger partial charge on any atom is -0.460 e. The van der Waals surface area contributed by atoms with Gasteiger partial charge in [-0.25, -0.2) is 0 Å². The molecule has 1 aromatic carbocycles. The summed E-state index contributed by atoms with van der Waals surface area (Å²) in [6.07, 6.45) is 2.71. The number of benzene rings is 1. The Morgan fingerprint density at radius 2 is 2.00 bits per heavy atom. The van der Waals surface area contributed by atoms with Gasteiger partial charge in [0.05, 0.1) is 6.54 Å². The van der Waals surface area contributed by atoms with Gasteiger partial charge in [-0.2, -0.15) is 0 Å². The molecular weight excluding hydrogens is 356 g/mol. The number of carbonyl (C=O) groups is 1. The molecule has 0 bridgehead atoms. The third-order valence-corrected chi connectivity index (χ3v) is 4.57. The van der Waals surface area contributed by atoms with E-state index in [-0.39, 0.29) is 0 Å². The molecule has 0 spiro atoms. The minimum absolute atomic E-state index is 0.301. The van der Waals surface area contributed by atoms with Crippen molar-refractivity contribution in [3.63, 3.8) is 0 Å². The maximum atomic E-state index is 11.5. The van der Waals surface area contributed by atoms with Gasteiger partial charge < -0.3 is 14.6 Å². The zero-order valence-electron chi connectivity index (χ0n) is 13.1. The fourth-order valence-corrected chi connectivity index (χ4v) is 3.05. The van der Waals surface area contributed by atoms with Crippen LogP contribution < -0.4 is 5.32 Å². The average molecular weight is 377 g/mol. The number of nitrogens with one attached hydrogen (secondary N) is 1. The van der Waals surface area contributed by atoms with Crippen molar-refractivity contribution in [2.75, 3.05) is 19.6 Å². The number of carbonyl (C=O) groups excluding carboxylic acids is 1. The van der Waals surface area contributed by atoms with E-state index in [4.69, 9.17) is 4.42 Å². The lowest BCUT2D eigenvalue weighted by Crippen LogP contribution is -2.28. The molecule has 1 aromatic heterocycles. The van der Waals surface area contributed by atoms with Crippen molar-refractivity contribution in [2.45, 2.75) is 25.8 Å². The van der Waals surface area contributed by atoms with Crippen LogP contribution in [0.2, 0.25) is 0 Å². The van der Waals surface area contributed by atoms with Gasteiger partial charge in [0.1, 0.15) is 11.5 Å². The van der Waals surface area contributed by atoms with Crippen LogP contribution in [0.5, 0.6) is 0 Å². The number of furan rings is 1. The molecule has 0 atom stereocenters. The van der Waals surface area contributed by atoms with Crippen molar-refractivity contribution in [3.05, 3.63) is 46.6 Å². The molecule has 23 heavy (non-hydrogen) atoms. The molecule has 1 aliphatic rings. The molecule has 2 aromatic rings. The van der Waals surface area contributed by atoms with Crippen LogP contribution in [0.1, 0.15) is 25.0 Å². The number of hydrogen-bond acceptors (Lipinski definition) is 3. The molecule has 0 radical (unpaired) electrons. The molecule has 1 aliphatic heterocycles. The molecule has 1 saturated heterocycles. The maximum Gasteiger partial charge on any atom is 0.222 e. The Morgan fingerprint density at radius 3 is 2.74 bits per heavy atom. The van der Waals surface area contributed by atoms with E-state index in [1.165, 1.54) is 0 Å². The van der Waals surface area contributed by atoms with Gasteiger partial charge in [0.2, 0.25) is 5.91 Å². The molecule has 1 fully saturated rings. The highest BCUT2D eigenvalue weighted by Gasteiger charge is 2.18. The lowest BCUT2D eigenvalue weighted by Gasteiger charge is -2.15. The summed E-state index contributed by atoms with van der Waals surface area (Å²) in [6, 6.07) is 12.1. The van der Waals surface area contributed by atoms with E-state index in [1.807, 2.05) is 41.3 Å². The first-order chi connectivity index (χ1) is 11.2. The van der Waals surface area contributed by atoms with E-state index < -0.39 is 0 Å². The van der Waals surface area contributed by atoms with Crippen LogP contribution in [0.4, 0.5) is 0 Å². The van der Waals surface area contributed by atoms with Gasteiger partial charge in [-0.3, -0.25) is 4.79 Å². The van der Waals surface area contributed by atoms with Crippen LogP contribution in [0, 0.1) is 0 Å². The third-order valence-electron chi connectivity index (χ3n) is 4.04. The second-order valence-electron chi connectivity index (χ2n) is 5.79. The first-order valence-electron chi connectivity index (χ1n) is 8.05. The van der Waals surface area contributed by atoms with E-state index in [0.29, 0.717) is 12.5 Å². The lowest BCUT2D eigenvalue weighted by atomic mass is 10.2. The topological polar surface area (TPSA) is 45.5 Å². The Hall–Kier alpha value is -1.59. The summed E-state index contributed by atoms with van der Waals surface area (Å²) in [7, 11) is 0. The molecule has 122 valence electrons. The van der Waals surface area contributed by atoms with Crippen molar-refractivity contribution >= 4 is 21.8 Å². The fraction of sp³-hybridized carbons (Fsp3) is 0.389. The van der Waals surface area contributed by atoms with Gasteiger partial charge in [-0.1, -0.05) is 28.1 Å². The van der Waals surface area contributed by atoms with Crippen molar-refractivity contribution in [2.24, 2.45) is 0 Å². The first-order valence-corrected chi connectivity index (χ1v) is 8.85. The van der Waals surface area contributed by atoms with Gasteiger partial charge in [-0.15, -0.1) is 0 Å². The molecule has 0 saturated carbocycles. The van der Waals surface area contributed by atoms with Gasteiger partial charge in [0.25, 0.3) is 0 Å².